The van der Waals surface area contributed by atoms with Crippen molar-refractivity contribution in [2.75, 3.05) is 0 Å². The topological polar surface area (TPSA) is 0 Å². The lowest BCUT2D eigenvalue weighted by Gasteiger charge is -2.09. The van der Waals surface area contributed by atoms with Gasteiger partial charge in [0.1, 0.15) is 0 Å². The highest BCUT2D eigenvalue weighted by molar-refractivity contribution is 6.07. The monoisotopic (exact) mass is 453 g/mol. The van der Waals surface area contributed by atoms with Crippen LogP contribution in [0.3, 0.4) is 0 Å². The second-order valence-electron chi connectivity index (χ2n) is 9.82. The van der Waals surface area contributed by atoms with Crippen molar-refractivity contribution in [1.29, 1.82) is 0 Å². The fraction of sp³-hybridized carbons (Fsp3) is 0. The van der Waals surface area contributed by atoms with E-state index in [1.165, 1.54) is 64.8 Å². The lowest BCUT2D eigenvalue weighted by molar-refractivity contribution is 1.68. The molecule has 0 spiro atoms. The van der Waals surface area contributed by atoms with E-state index in [9.17, 15) is 0 Å². The van der Waals surface area contributed by atoms with Crippen molar-refractivity contribution < 1.29 is 0 Å². The number of hydrogen-bond acceptors (Lipinski definition) is 0. The maximum Gasteiger partial charge on any atom is -0.00141 e. The van der Waals surface area contributed by atoms with Gasteiger partial charge in [0.15, 0.2) is 0 Å². The molecule has 0 fully saturated rings. The van der Waals surface area contributed by atoms with Gasteiger partial charge in [0.25, 0.3) is 0 Å². The highest BCUT2D eigenvalue weighted by Crippen LogP contribution is 2.33. The Labute approximate surface area is 209 Å². The van der Waals surface area contributed by atoms with Gasteiger partial charge in [-0.25, -0.2) is 0 Å². The Hall–Kier alpha value is -4.68. The Morgan fingerprint density at radius 2 is 0.722 bits per heavy atom. The lowest BCUT2D eigenvalue weighted by atomic mass is 9.95. The molecular weight excluding hydrogens is 432 g/mol. The van der Waals surface area contributed by atoms with Gasteiger partial charge in [-0.2, -0.15) is 0 Å². The predicted molar refractivity (Wildman–Crippen MR) is 156 cm³/mol. The fourth-order valence-electron chi connectivity index (χ4n) is 5.64. The zero-order chi connectivity index (χ0) is 23.6. The SMILES string of the molecule is [c]1c(-c2ccc3cc4cc5ccccc5cc4cc3c2)ccc2cc3cc4ccccc4cc3cc12. The Balaban J connectivity index is 1.28. The van der Waals surface area contributed by atoms with E-state index in [1.807, 2.05) is 0 Å². The summed E-state index contributed by atoms with van der Waals surface area (Å²) in [5, 5.41) is 15.1. The number of rotatable bonds is 1. The van der Waals surface area contributed by atoms with Gasteiger partial charge >= 0.3 is 0 Å². The van der Waals surface area contributed by atoms with Crippen LogP contribution in [-0.4, -0.2) is 0 Å². The molecular formula is C36H21. The molecule has 0 heterocycles. The third-order valence-corrected chi connectivity index (χ3v) is 7.54. The third kappa shape index (κ3) is 3.08. The summed E-state index contributed by atoms with van der Waals surface area (Å²) in [6.45, 7) is 0. The van der Waals surface area contributed by atoms with E-state index in [-0.39, 0.29) is 0 Å². The molecule has 0 aliphatic heterocycles. The second kappa shape index (κ2) is 7.41. The molecule has 0 aromatic heterocycles. The Kier molecular flexibility index (Phi) is 4.03. The van der Waals surface area contributed by atoms with Crippen molar-refractivity contribution in [3.8, 4) is 11.1 Å². The van der Waals surface area contributed by atoms with E-state index < -0.39 is 0 Å². The molecule has 0 unspecified atom stereocenters. The van der Waals surface area contributed by atoms with Crippen LogP contribution in [0.2, 0.25) is 0 Å². The lowest BCUT2D eigenvalue weighted by Crippen LogP contribution is -1.84. The van der Waals surface area contributed by atoms with Gasteiger partial charge in [-0.05, 0) is 136 Å². The van der Waals surface area contributed by atoms with E-state index in [1.54, 1.807) is 0 Å². The van der Waals surface area contributed by atoms with Gasteiger partial charge in [-0.15, -0.1) is 0 Å². The molecule has 8 aromatic carbocycles. The molecule has 0 nitrogen and oxygen atoms in total. The number of benzene rings is 8. The molecule has 8 rings (SSSR count). The van der Waals surface area contributed by atoms with Crippen LogP contribution in [0.1, 0.15) is 0 Å². The summed E-state index contributed by atoms with van der Waals surface area (Å²) in [6, 6.07) is 50.4. The molecule has 0 atom stereocenters. The highest BCUT2D eigenvalue weighted by atomic mass is 14.1. The van der Waals surface area contributed by atoms with Gasteiger partial charge in [-0.1, -0.05) is 72.8 Å². The maximum absolute atomic E-state index is 3.71. The molecule has 0 saturated heterocycles. The van der Waals surface area contributed by atoms with Crippen LogP contribution in [0.15, 0.2) is 127 Å². The summed E-state index contributed by atoms with van der Waals surface area (Å²) in [7, 11) is 0. The molecule has 165 valence electrons. The van der Waals surface area contributed by atoms with E-state index in [4.69, 9.17) is 0 Å². The zero-order valence-corrected chi connectivity index (χ0v) is 19.6. The summed E-state index contributed by atoms with van der Waals surface area (Å²) in [4.78, 5) is 0. The smallest absolute Gasteiger partial charge is 0.00141 e. The molecule has 36 heavy (non-hydrogen) atoms. The molecule has 0 bridgehead atoms. The van der Waals surface area contributed by atoms with Crippen molar-refractivity contribution in [2.24, 2.45) is 0 Å². The van der Waals surface area contributed by atoms with E-state index in [2.05, 4.69) is 133 Å². The van der Waals surface area contributed by atoms with Crippen molar-refractivity contribution in [1.82, 2.24) is 0 Å². The average molecular weight is 454 g/mol. The second-order valence-corrected chi connectivity index (χ2v) is 9.82. The summed E-state index contributed by atoms with van der Waals surface area (Å²) in [5.74, 6) is 0. The van der Waals surface area contributed by atoms with Crippen LogP contribution < -0.4 is 0 Å². The summed E-state index contributed by atoms with van der Waals surface area (Å²) in [6.07, 6.45) is 0. The van der Waals surface area contributed by atoms with Gasteiger partial charge in [0, 0.05) is 0 Å². The van der Waals surface area contributed by atoms with Crippen molar-refractivity contribution in [3.05, 3.63) is 133 Å². The molecule has 0 N–H and O–H groups in total. The quantitative estimate of drug-likeness (QED) is 0.217. The van der Waals surface area contributed by atoms with Crippen molar-refractivity contribution in [2.45, 2.75) is 0 Å². The highest BCUT2D eigenvalue weighted by Gasteiger charge is 2.07. The first-order chi connectivity index (χ1) is 17.8. The molecule has 8 aromatic rings. The minimum absolute atomic E-state index is 1.13. The van der Waals surface area contributed by atoms with Gasteiger partial charge < -0.3 is 0 Å². The van der Waals surface area contributed by atoms with Gasteiger partial charge in [0.2, 0.25) is 0 Å². The third-order valence-electron chi connectivity index (χ3n) is 7.54. The van der Waals surface area contributed by atoms with Crippen LogP contribution in [0.5, 0.6) is 0 Å². The summed E-state index contributed by atoms with van der Waals surface area (Å²) < 4.78 is 0. The van der Waals surface area contributed by atoms with Crippen LogP contribution >= 0.6 is 0 Å². The predicted octanol–water partition coefficient (Wildman–Crippen LogP) is 10.1. The molecule has 1 radical (unpaired) electrons. The fourth-order valence-corrected chi connectivity index (χ4v) is 5.64. The van der Waals surface area contributed by atoms with Crippen LogP contribution in [-0.2, 0) is 0 Å². The molecule has 0 saturated carbocycles. The van der Waals surface area contributed by atoms with Gasteiger partial charge in [0.05, 0.1) is 0 Å². The summed E-state index contributed by atoms with van der Waals surface area (Å²) in [5.41, 5.74) is 2.33. The summed E-state index contributed by atoms with van der Waals surface area (Å²) >= 11 is 0. The Morgan fingerprint density at radius 3 is 1.31 bits per heavy atom. The van der Waals surface area contributed by atoms with Crippen LogP contribution in [0.25, 0.3) is 75.8 Å². The minimum atomic E-state index is 1.13. The number of fused-ring (bicyclic) bond motifs is 6. The number of hydrogen-bond donors (Lipinski definition) is 0. The van der Waals surface area contributed by atoms with Crippen LogP contribution in [0.4, 0.5) is 0 Å². The molecule has 0 aliphatic rings. The van der Waals surface area contributed by atoms with Gasteiger partial charge in [-0.3, -0.25) is 0 Å². The average Bonchev–Trinajstić information content (AvgIpc) is 2.92. The largest absolute Gasteiger partial charge is 0.0616 e. The Bertz CT molecular complexity index is 1990. The van der Waals surface area contributed by atoms with Crippen molar-refractivity contribution in [3.63, 3.8) is 0 Å². The van der Waals surface area contributed by atoms with Crippen LogP contribution in [0, 0.1) is 6.07 Å². The standard InChI is InChI=1S/C36H21/c1-3-7-25-15-35-21-31-17-27(9-11-29(31)19-33(35)13-23(25)5-1)28-10-12-30-20-34-14-24-6-2-4-8-26(24)16-36(34)22-32(30)18-28/h1-17,19-22H. The normalized spacial score (nSPS) is 11.9. The Morgan fingerprint density at radius 1 is 0.306 bits per heavy atom. The van der Waals surface area contributed by atoms with E-state index in [0.29, 0.717) is 0 Å². The van der Waals surface area contributed by atoms with E-state index >= 15 is 0 Å². The first-order valence-electron chi connectivity index (χ1n) is 12.4. The molecule has 0 amide bonds. The maximum atomic E-state index is 3.71. The molecule has 0 aliphatic carbocycles. The zero-order valence-electron chi connectivity index (χ0n) is 19.6. The van der Waals surface area contributed by atoms with E-state index in [0.717, 1.165) is 10.9 Å². The first-order valence-corrected chi connectivity index (χ1v) is 12.4. The first kappa shape index (κ1) is 19.6. The molecule has 0 heteroatoms. The minimum Gasteiger partial charge on any atom is -0.0616 e. The van der Waals surface area contributed by atoms with Crippen molar-refractivity contribution >= 4 is 64.6 Å².